The summed E-state index contributed by atoms with van der Waals surface area (Å²) in [5, 5.41) is 1.16. The van der Waals surface area contributed by atoms with E-state index in [-0.39, 0.29) is 0 Å². The number of ether oxygens (including phenoxy) is 1. The van der Waals surface area contributed by atoms with Gasteiger partial charge in [-0.15, -0.1) is 11.3 Å². The van der Waals surface area contributed by atoms with Crippen LogP contribution in [0, 0.1) is 0 Å². The highest BCUT2D eigenvalue weighted by molar-refractivity contribution is 7.18. The molecule has 0 spiro atoms. The monoisotopic (exact) mass is 263 g/mol. The Morgan fingerprint density at radius 1 is 1.44 bits per heavy atom. The van der Waals surface area contributed by atoms with Crippen molar-refractivity contribution in [2.24, 2.45) is 5.73 Å². The normalized spacial score (nSPS) is 21.5. The van der Waals surface area contributed by atoms with Crippen molar-refractivity contribution in [2.45, 2.75) is 12.6 Å². The lowest BCUT2D eigenvalue weighted by atomic mass is 10.2. The average molecular weight is 263 g/mol. The lowest BCUT2D eigenvalue weighted by molar-refractivity contribution is -0.00792. The standard InChI is InChI=1S/C13H17N3OS/c14-7-10-9-17-6-5-16(10)8-13-15-11-3-1-2-4-12(11)18-13/h1-4,10H,5-9,14H2. The maximum Gasteiger partial charge on any atom is 0.108 e. The second kappa shape index (κ2) is 5.32. The van der Waals surface area contributed by atoms with Gasteiger partial charge in [-0.05, 0) is 12.1 Å². The number of hydrogen-bond donors (Lipinski definition) is 1. The molecule has 0 radical (unpaired) electrons. The van der Waals surface area contributed by atoms with Gasteiger partial charge in [-0.2, -0.15) is 0 Å². The van der Waals surface area contributed by atoms with Gasteiger partial charge in [0.05, 0.1) is 30.0 Å². The molecular formula is C13H17N3OS. The molecule has 1 aliphatic heterocycles. The molecule has 0 amide bonds. The number of hydrogen-bond acceptors (Lipinski definition) is 5. The summed E-state index contributed by atoms with van der Waals surface area (Å²) in [4.78, 5) is 7.05. The van der Waals surface area contributed by atoms with Crippen molar-refractivity contribution in [1.82, 2.24) is 9.88 Å². The van der Waals surface area contributed by atoms with Crippen LogP contribution in [0.1, 0.15) is 5.01 Å². The first kappa shape index (κ1) is 12.0. The van der Waals surface area contributed by atoms with Crippen LogP contribution < -0.4 is 5.73 Å². The maximum absolute atomic E-state index is 5.78. The molecule has 4 nitrogen and oxygen atoms in total. The Kier molecular flexibility index (Phi) is 3.56. The fourth-order valence-electron chi connectivity index (χ4n) is 2.28. The molecule has 0 saturated carbocycles. The van der Waals surface area contributed by atoms with Crippen molar-refractivity contribution < 1.29 is 4.74 Å². The number of fused-ring (bicyclic) bond motifs is 1. The van der Waals surface area contributed by atoms with Crippen LogP contribution in [0.4, 0.5) is 0 Å². The van der Waals surface area contributed by atoms with E-state index in [1.54, 1.807) is 11.3 Å². The molecule has 1 aromatic heterocycles. The largest absolute Gasteiger partial charge is 0.378 e. The number of para-hydroxylation sites is 1. The van der Waals surface area contributed by atoms with Crippen LogP contribution in [0.3, 0.4) is 0 Å². The van der Waals surface area contributed by atoms with E-state index >= 15 is 0 Å². The first-order chi connectivity index (χ1) is 8.86. The van der Waals surface area contributed by atoms with Crippen LogP contribution in [0.5, 0.6) is 0 Å². The van der Waals surface area contributed by atoms with Crippen LogP contribution >= 0.6 is 11.3 Å². The van der Waals surface area contributed by atoms with Crippen LogP contribution in [0.2, 0.25) is 0 Å². The van der Waals surface area contributed by atoms with Gasteiger partial charge in [-0.25, -0.2) is 4.98 Å². The van der Waals surface area contributed by atoms with Crippen molar-refractivity contribution >= 4 is 21.6 Å². The predicted molar refractivity (Wildman–Crippen MR) is 73.7 cm³/mol. The molecule has 18 heavy (non-hydrogen) atoms. The SMILES string of the molecule is NCC1COCCN1Cc1nc2ccccc2s1. The molecule has 2 N–H and O–H groups in total. The van der Waals surface area contributed by atoms with E-state index in [0.717, 1.165) is 36.8 Å². The van der Waals surface area contributed by atoms with E-state index in [0.29, 0.717) is 12.6 Å². The summed E-state index contributed by atoms with van der Waals surface area (Å²) in [5.74, 6) is 0. The molecule has 1 aromatic carbocycles. The van der Waals surface area contributed by atoms with Crippen LogP contribution in [0.25, 0.3) is 10.2 Å². The Balaban J connectivity index is 1.78. The number of rotatable bonds is 3. The number of thiazole rings is 1. The van der Waals surface area contributed by atoms with Crippen LogP contribution in [0.15, 0.2) is 24.3 Å². The highest BCUT2D eigenvalue weighted by Crippen LogP contribution is 2.23. The predicted octanol–water partition coefficient (Wildman–Crippen LogP) is 1.46. The van der Waals surface area contributed by atoms with Crippen molar-refractivity contribution in [3.63, 3.8) is 0 Å². The topological polar surface area (TPSA) is 51.4 Å². The summed E-state index contributed by atoms with van der Waals surface area (Å²) >= 11 is 1.77. The minimum atomic E-state index is 0.325. The molecule has 0 aliphatic carbocycles. The van der Waals surface area contributed by atoms with Gasteiger partial charge in [0.25, 0.3) is 0 Å². The van der Waals surface area contributed by atoms with E-state index < -0.39 is 0 Å². The summed E-state index contributed by atoms with van der Waals surface area (Å²) in [6.45, 7) is 4.00. The Hall–Kier alpha value is -1.01. The molecular weight excluding hydrogens is 246 g/mol. The molecule has 2 heterocycles. The van der Waals surface area contributed by atoms with Gasteiger partial charge in [0, 0.05) is 19.1 Å². The number of nitrogens with zero attached hydrogens (tertiary/aromatic N) is 2. The van der Waals surface area contributed by atoms with Crippen molar-refractivity contribution in [1.29, 1.82) is 0 Å². The van der Waals surface area contributed by atoms with E-state index in [1.165, 1.54) is 4.70 Å². The van der Waals surface area contributed by atoms with Gasteiger partial charge >= 0.3 is 0 Å². The molecule has 96 valence electrons. The number of morpholine rings is 1. The van der Waals surface area contributed by atoms with E-state index in [1.807, 2.05) is 6.07 Å². The number of benzene rings is 1. The van der Waals surface area contributed by atoms with Gasteiger partial charge in [0.2, 0.25) is 0 Å². The fourth-order valence-corrected chi connectivity index (χ4v) is 3.27. The van der Waals surface area contributed by atoms with Gasteiger partial charge < -0.3 is 10.5 Å². The highest BCUT2D eigenvalue weighted by Gasteiger charge is 2.22. The first-order valence-corrected chi connectivity index (χ1v) is 7.05. The third-order valence-electron chi connectivity index (χ3n) is 3.30. The summed E-state index contributed by atoms with van der Waals surface area (Å²) in [5.41, 5.74) is 6.88. The highest BCUT2D eigenvalue weighted by atomic mass is 32.1. The van der Waals surface area contributed by atoms with Crippen molar-refractivity contribution in [3.8, 4) is 0 Å². The molecule has 1 unspecified atom stereocenters. The second-order valence-corrected chi connectivity index (χ2v) is 5.63. The average Bonchev–Trinajstić information content (AvgIpc) is 2.81. The molecule has 1 fully saturated rings. The quantitative estimate of drug-likeness (QED) is 0.911. The third kappa shape index (κ3) is 2.40. The van der Waals surface area contributed by atoms with E-state index in [4.69, 9.17) is 10.5 Å². The zero-order chi connectivity index (χ0) is 12.4. The van der Waals surface area contributed by atoms with Gasteiger partial charge in [0.15, 0.2) is 0 Å². The minimum Gasteiger partial charge on any atom is -0.378 e. The molecule has 0 bridgehead atoms. The summed E-state index contributed by atoms with van der Waals surface area (Å²) in [6, 6.07) is 8.60. The molecule has 5 heteroatoms. The molecule has 1 atom stereocenters. The van der Waals surface area contributed by atoms with E-state index in [9.17, 15) is 0 Å². The smallest absolute Gasteiger partial charge is 0.108 e. The Morgan fingerprint density at radius 3 is 3.17 bits per heavy atom. The fraction of sp³-hybridized carbons (Fsp3) is 0.462. The Morgan fingerprint density at radius 2 is 2.33 bits per heavy atom. The Bertz CT molecular complexity index is 495. The maximum atomic E-state index is 5.78. The number of aromatic nitrogens is 1. The lowest BCUT2D eigenvalue weighted by Crippen LogP contribution is -2.48. The number of nitrogens with two attached hydrogens (primary N) is 1. The van der Waals surface area contributed by atoms with Crippen LogP contribution in [-0.4, -0.2) is 42.2 Å². The zero-order valence-corrected chi connectivity index (χ0v) is 11.0. The molecule has 2 aromatic rings. The van der Waals surface area contributed by atoms with Gasteiger partial charge in [-0.1, -0.05) is 12.1 Å². The minimum absolute atomic E-state index is 0.325. The summed E-state index contributed by atoms with van der Waals surface area (Å²) < 4.78 is 6.72. The Labute approximate surface area is 110 Å². The second-order valence-electron chi connectivity index (χ2n) is 4.51. The first-order valence-electron chi connectivity index (χ1n) is 6.23. The van der Waals surface area contributed by atoms with Gasteiger partial charge in [-0.3, -0.25) is 4.90 Å². The van der Waals surface area contributed by atoms with Crippen LogP contribution in [-0.2, 0) is 11.3 Å². The van der Waals surface area contributed by atoms with Crippen molar-refractivity contribution in [2.75, 3.05) is 26.3 Å². The van der Waals surface area contributed by atoms with Crippen molar-refractivity contribution in [3.05, 3.63) is 29.3 Å². The van der Waals surface area contributed by atoms with Gasteiger partial charge in [0.1, 0.15) is 5.01 Å². The summed E-state index contributed by atoms with van der Waals surface area (Å²) in [6.07, 6.45) is 0. The molecule has 3 rings (SSSR count). The summed E-state index contributed by atoms with van der Waals surface area (Å²) in [7, 11) is 0. The molecule has 1 aliphatic rings. The van der Waals surface area contributed by atoms with E-state index in [2.05, 4.69) is 28.1 Å². The zero-order valence-electron chi connectivity index (χ0n) is 10.2. The molecule has 1 saturated heterocycles. The third-order valence-corrected chi connectivity index (χ3v) is 4.32. The lowest BCUT2D eigenvalue weighted by Gasteiger charge is -2.34.